The summed E-state index contributed by atoms with van der Waals surface area (Å²) < 4.78 is 56.8. The zero-order valence-electron chi connectivity index (χ0n) is 19.9. The number of hydrogen-bond acceptors (Lipinski definition) is 5. The number of aromatic nitrogens is 3. The van der Waals surface area contributed by atoms with Crippen molar-refractivity contribution in [2.45, 2.75) is 68.9 Å². The highest BCUT2D eigenvalue weighted by molar-refractivity contribution is 8.15. The molecule has 4 nitrogen and oxygen atoms in total. The van der Waals surface area contributed by atoms with E-state index in [9.17, 15) is 17.6 Å². The maximum Gasteiger partial charge on any atom is 0.296 e. The SMILES string of the molecule is C=Nc1c(/C=C(\C)C(C)(F)F)nc(C2Sc3nc(C(C)(F)F)sc3C2S(=C)CC)n1C.CC. The van der Waals surface area contributed by atoms with E-state index in [1.165, 1.54) is 24.8 Å². The predicted octanol–water partition coefficient (Wildman–Crippen LogP) is 8.01. The molecule has 11 heteroatoms. The number of nitrogens with zero attached hydrogens (tertiary/aromatic N) is 4. The van der Waals surface area contributed by atoms with Gasteiger partial charge in [-0.15, -0.1) is 11.3 Å². The summed E-state index contributed by atoms with van der Waals surface area (Å²) in [5.74, 6) is 0.0250. The Morgan fingerprint density at radius 2 is 1.85 bits per heavy atom. The Hall–Kier alpha value is -1.46. The van der Waals surface area contributed by atoms with E-state index in [0.29, 0.717) is 22.4 Å². The molecule has 1 aliphatic heterocycles. The van der Waals surface area contributed by atoms with Crippen molar-refractivity contribution in [2.24, 2.45) is 12.0 Å². The Morgan fingerprint density at radius 3 is 2.33 bits per heavy atom. The van der Waals surface area contributed by atoms with Gasteiger partial charge < -0.3 is 4.57 Å². The van der Waals surface area contributed by atoms with E-state index >= 15 is 0 Å². The molecule has 1 aliphatic rings. The van der Waals surface area contributed by atoms with Gasteiger partial charge in [0.05, 0.1) is 15.4 Å². The van der Waals surface area contributed by atoms with Crippen molar-refractivity contribution in [1.29, 1.82) is 0 Å². The molecule has 0 spiro atoms. The Balaban J connectivity index is 0.00000187. The minimum Gasteiger partial charge on any atom is -0.315 e. The zero-order valence-corrected chi connectivity index (χ0v) is 22.3. The van der Waals surface area contributed by atoms with E-state index in [4.69, 9.17) is 0 Å². The van der Waals surface area contributed by atoms with Crippen molar-refractivity contribution in [3.8, 4) is 0 Å². The lowest BCUT2D eigenvalue weighted by Gasteiger charge is -2.21. The third kappa shape index (κ3) is 5.62. The Morgan fingerprint density at radius 1 is 1.24 bits per heavy atom. The van der Waals surface area contributed by atoms with Crippen LogP contribution < -0.4 is 0 Å². The Bertz CT molecular complexity index is 1060. The van der Waals surface area contributed by atoms with Crippen LogP contribution in [0.15, 0.2) is 15.6 Å². The second-order valence-electron chi connectivity index (χ2n) is 7.47. The minimum absolute atomic E-state index is 0.140. The first-order valence-corrected chi connectivity index (χ1v) is 13.8. The molecule has 0 saturated carbocycles. The molecule has 3 heterocycles. The molecule has 0 radical (unpaired) electrons. The minimum atomic E-state index is -3.01. The molecule has 0 N–H and O–H groups in total. The number of fused-ring (bicyclic) bond motifs is 1. The average molecular weight is 523 g/mol. The van der Waals surface area contributed by atoms with Crippen molar-refractivity contribution in [1.82, 2.24) is 14.5 Å². The van der Waals surface area contributed by atoms with Crippen LogP contribution >= 0.6 is 33.6 Å². The van der Waals surface area contributed by atoms with Gasteiger partial charge in [-0.1, -0.05) is 38.4 Å². The van der Waals surface area contributed by atoms with Crippen LogP contribution in [0.3, 0.4) is 0 Å². The maximum absolute atomic E-state index is 13.8. The van der Waals surface area contributed by atoms with E-state index in [1.54, 1.807) is 11.6 Å². The average Bonchev–Trinajstić information content (AvgIpc) is 3.38. The van der Waals surface area contributed by atoms with Gasteiger partial charge in [0.2, 0.25) is 0 Å². The highest BCUT2D eigenvalue weighted by Crippen LogP contribution is 2.62. The Labute approximate surface area is 203 Å². The molecule has 3 rings (SSSR count). The summed E-state index contributed by atoms with van der Waals surface area (Å²) in [7, 11) is 1.38. The second-order valence-corrected chi connectivity index (χ2v) is 11.8. The van der Waals surface area contributed by atoms with E-state index in [0.717, 1.165) is 35.8 Å². The fourth-order valence-corrected chi connectivity index (χ4v) is 8.22. The molecule has 0 amide bonds. The first kappa shape index (κ1) is 27.8. The summed E-state index contributed by atoms with van der Waals surface area (Å²) in [5.41, 5.74) is 0.161. The van der Waals surface area contributed by atoms with Crippen LogP contribution in [-0.2, 0) is 13.0 Å². The van der Waals surface area contributed by atoms with Crippen molar-refractivity contribution < 1.29 is 17.6 Å². The molecule has 2 aromatic rings. The summed E-state index contributed by atoms with van der Waals surface area (Å²) >= 11 is 2.38. The van der Waals surface area contributed by atoms with Crippen LogP contribution in [0, 0.1) is 0 Å². The number of alkyl halides is 4. The molecule has 0 aromatic carbocycles. The van der Waals surface area contributed by atoms with E-state index in [1.807, 2.05) is 20.8 Å². The molecule has 0 aliphatic carbocycles. The van der Waals surface area contributed by atoms with Gasteiger partial charge in [-0.2, -0.15) is 19.3 Å². The van der Waals surface area contributed by atoms with Crippen LogP contribution in [0.5, 0.6) is 0 Å². The van der Waals surface area contributed by atoms with Crippen LogP contribution in [0.4, 0.5) is 23.4 Å². The predicted molar refractivity (Wildman–Crippen MR) is 136 cm³/mol. The van der Waals surface area contributed by atoms with Crippen LogP contribution in [0.1, 0.15) is 73.4 Å². The first-order chi connectivity index (χ1) is 15.3. The lowest BCUT2D eigenvalue weighted by molar-refractivity contribution is 0.0168. The number of hydrogen-bond donors (Lipinski definition) is 0. The molecule has 184 valence electrons. The van der Waals surface area contributed by atoms with Crippen LogP contribution in [0.25, 0.3) is 6.08 Å². The molecule has 2 aromatic heterocycles. The molecule has 0 bridgehead atoms. The van der Waals surface area contributed by atoms with E-state index < -0.39 is 11.8 Å². The number of allylic oxidation sites excluding steroid dienone is 1. The number of imidazole rings is 1. The van der Waals surface area contributed by atoms with Crippen molar-refractivity contribution in [2.75, 3.05) is 5.75 Å². The molecule has 0 saturated heterocycles. The molecule has 33 heavy (non-hydrogen) atoms. The standard InChI is InChI=1S/C20H24F4N4S3.C2H6/c1-8-31(7)14-12(29-17-13(14)30-18(27-17)20(4,23)24)16-26-11(15(25-5)28(16)6)9-10(2)19(3,21)22;1-2/h9,12,14H,5,7-8H2,1-4,6H3;1-2H3/b10-9+;. The van der Waals surface area contributed by atoms with Crippen LogP contribution in [-0.4, -0.2) is 38.8 Å². The fourth-order valence-electron chi connectivity index (χ4n) is 3.18. The second kappa shape index (κ2) is 10.4. The number of halogens is 4. The molecular weight excluding hydrogens is 492 g/mol. The normalized spacial score (nSPS) is 19.7. The van der Waals surface area contributed by atoms with Crippen LogP contribution in [0.2, 0.25) is 0 Å². The zero-order chi connectivity index (χ0) is 25.3. The van der Waals surface area contributed by atoms with E-state index in [2.05, 4.69) is 27.5 Å². The largest absolute Gasteiger partial charge is 0.315 e. The lowest BCUT2D eigenvalue weighted by Crippen LogP contribution is -2.10. The fraction of sp³-hybridized carbons (Fsp3) is 0.545. The van der Waals surface area contributed by atoms with E-state index in [-0.39, 0.29) is 31.6 Å². The monoisotopic (exact) mass is 522 g/mol. The third-order valence-electron chi connectivity index (χ3n) is 5.07. The van der Waals surface area contributed by atoms with Crippen molar-refractivity contribution >= 4 is 58.1 Å². The topological polar surface area (TPSA) is 43.1 Å². The van der Waals surface area contributed by atoms with Gasteiger partial charge in [0.15, 0.2) is 10.8 Å². The number of thiazole rings is 1. The lowest BCUT2D eigenvalue weighted by atomic mass is 10.1. The van der Waals surface area contributed by atoms with Gasteiger partial charge in [0.1, 0.15) is 16.5 Å². The number of aliphatic imine (C=N–C) groups is 1. The summed E-state index contributed by atoms with van der Waals surface area (Å²) in [6.07, 6.45) is 1.32. The molecular formula is C22H30F4N4S3. The van der Waals surface area contributed by atoms with Gasteiger partial charge in [-0.25, -0.2) is 23.7 Å². The van der Waals surface area contributed by atoms with Crippen molar-refractivity contribution in [3.63, 3.8) is 0 Å². The number of rotatable bonds is 7. The summed E-state index contributed by atoms with van der Waals surface area (Å²) in [6.45, 7) is 12.6. The molecule has 3 unspecified atom stereocenters. The molecule has 3 atom stereocenters. The molecule has 0 fully saturated rings. The quantitative estimate of drug-likeness (QED) is 0.210. The highest BCUT2D eigenvalue weighted by atomic mass is 32.2. The first-order valence-electron chi connectivity index (χ1n) is 10.4. The highest BCUT2D eigenvalue weighted by Gasteiger charge is 2.43. The summed E-state index contributed by atoms with van der Waals surface area (Å²) in [5, 5.41) is -0.0260. The van der Waals surface area contributed by atoms with Gasteiger partial charge >= 0.3 is 0 Å². The summed E-state index contributed by atoms with van der Waals surface area (Å²) in [4.78, 5) is 13.6. The van der Waals surface area contributed by atoms with Gasteiger partial charge in [0, 0.05) is 20.9 Å². The summed E-state index contributed by atoms with van der Waals surface area (Å²) in [6, 6.07) is 0. The third-order valence-corrected chi connectivity index (χ3v) is 10.1. The Kier molecular flexibility index (Phi) is 8.78. The maximum atomic E-state index is 13.8. The number of thioether (sulfide) groups is 1. The van der Waals surface area contributed by atoms with Gasteiger partial charge in [-0.05, 0) is 31.0 Å². The smallest absolute Gasteiger partial charge is 0.296 e. The van der Waals surface area contributed by atoms with Gasteiger partial charge in [-0.3, -0.25) is 0 Å². The van der Waals surface area contributed by atoms with Crippen molar-refractivity contribution in [3.05, 3.63) is 27.0 Å². The van der Waals surface area contributed by atoms with Gasteiger partial charge in [0.25, 0.3) is 11.8 Å².